The maximum Gasteiger partial charge on any atom is 0.233 e. The van der Waals surface area contributed by atoms with Crippen LogP contribution in [0, 0.1) is 5.41 Å². The van der Waals surface area contributed by atoms with E-state index in [-0.39, 0.29) is 11.2 Å². The highest BCUT2D eigenvalue weighted by Crippen LogP contribution is 2.40. The molecule has 1 saturated carbocycles. The number of aryl methyl sites for hydroxylation is 2. The summed E-state index contributed by atoms with van der Waals surface area (Å²) >= 11 is 0. The van der Waals surface area contributed by atoms with E-state index in [0.717, 1.165) is 44.3 Å². The van der Waals surface area contributed by atoms with Crippen LogP contribution in [0.5, 0.6) is 5.75 Å². The Morgan fingerprint density at radius 3 is 2.52 bits per heavy atom. The van der Waals surface area contributed by atoms with Gasteiger partial charge in [0, 0.05) is 16.1 Å². The van der Waals surface area contributed by atoms with Gasteiger partial charge in [-0.1, -0.05) is 18.9 Å². The van der Waals surface area contributed by atoms with Crippen LogP contribution in [-0.2, 0) is 21.9 Å². The summed E-state index contributed by atoms with van der Waals surface area (Å²) in [4.78, 5) is 0. The van der Waals surface area contributed by atoms with Crippen LogP contribution in [0.4, 0.5) is 0 Å². The normalized spacial score (nSPS) is 20.4. The van der Waals surface area contributed by atoms with Gasteiger partial charge in [0.05, 0.1) is 12.4 Å². The summed E-state index contributed by atoms with van der Waals surface area (Å²) in [6.45, 7) is 0.442. The van der Waals surface area contributed by atoms with E-state index in [9.17, 15) is 8.42 Å². The molecule has 0 aliphatic heterocycles. The van der Waals surface area contributed by atoms with E-state index in [1.807, 2.05) is 6.07 Å². The van der Waals surface area contributed by atoms with Gasteiger partial charge in [-0.25, -0.2) is 8.42 Å². The van der Waals surface area contributed by atoms with Gasteiger partial charge in [-0.3, -0.25) is 0 Å². The number of hydrogen-bond donors (Lipinski definition) is 0. The molecule has 0 atom stereocenters. The summed E-state index contributed by atoms with van der Waals surface area (Å²) in [5.74, 6) is 0.876. The molecule has 3 rings (SSSR count). The van der Waals surface area contributed by atoms with Crippen molar-refractivity contribution in [2.24, 2.45) is 5.41 Å². The molecule has 0 radical (unpaired) electrons. The Kier molecular flexibility index (Phi) is 4.19. The van der Waals surface area contributed by atoms with Crippen molar-refractivity contribution in [1.29, 1.82) is 0 Å². The van der Waals surface area contributed by atoms with E-state index in [4.69, 9.17) is 15.4 Å². The summed E-state index contributed by atoms with van der Waals surface area (Å²) in [6, 6.07) is 6.25. The maximum atomic E-state index is 11.5. The highest BCUT2D eigenvalue weighted by molar-refractivity contribution is 8.13. The summed E-state index contributed by atoms with van der Waals surface area (Å²) < 4.78 is 28.9. The number of rotatable bonds is 5. The zero-order valence-corrected chi connectivity index (χ0v) is 13.7. The predicted octanol–water partition coefficient (Wildman–Crippen LogP) is 3.68. The van der Waals surface area contributed by atoms with Crippen LogP contribution in [0.1, 0.15) is 43.2 Å². The maximum absolute atomic E-state index is 11.5. The molecule has 1 aromatic rings. The van der Waals surface area contributed by atoms with E-state index in [2.05, 4.69) is 12.1 Å². The second-order valence-corrected chi connectivity index (χ2v) is 9.24. The first-order valence-electron chi connectivity index (χ1n) is 7.63. The number of benzene rings is 1. The number of halogens is 1. The fourth-order valence-corrected chi connectivity index (χ4v) is 5.49. The first-order valence-corrected chi connectivity index (χ1v) is 10.1. The minimum absolute atomic E-state index is 0.0203. The Morgan fingerprint density at radius 2 is 1.81 bits per heavy atom. The average Bonchev–Trinajstić information content (AvgIpc) is 3.03. The van der Waals surface area contributed by atoms with Crippen LogP contribution >= 0.6 is 10.7 Å². The molecule has 0 amide bonds. The molecule has 21 heavy (non-hydrogen) atoms. The highest BCUT2D eigenvalue weighted by Gasteiger charge is 2.38. The molecule has 0 saturated heterocycles. The third kappa shape index (κ3) is 3.72. The first kappa shape index (κ1) is 15.2. The Morgan fingerprint density at radius 1 is 1.10 bits per heavy atom. The van der Waals surface area contributed by atoms with Crippen LogP contribution < -0.4 is 4.74 Å². The van der Waals surface area contributed by atoms with Crippen molar-refractivity contribution < 1.29 is 13.2 Å². The van der Waals surface area contributed by atoms with Crippen LogP contribution in [0.15, 0.2) is 18.2 Å². The SMILES string of the molecule is O=S(=O)(Cl)CC1(COc2ccc3c(c2)CCC3)CCCC1. The van der Waals surface area contributed by atoms with E-state index >= 15 is 0 Å². The van der Waals surface area contributed by atoms with Crippen LogP contribution in [-0.4, -0.2) is 20.8 Å². The highest BCUT2D eigenvalue weighted by atomic mass is 35.7. The average molecular weight is 329 g/mol. The van der Waals surface area contributed by atoms with Crippen molar-refractivity contribution in [3.63, 3.8) is 0 Å². The molecular formula is C16H21ClO3S. The fourth-order valence-electron chi connectivity index (χ4n) is 3.70. The largest absolute Gasteiger partial charge is 0.493 e. The molecule has 0 unspecified atom stereocenters. The van der Waals surface area contributed by atoms with Crippen LogP contribution in [0.2, 0.25) is 0 Å². The first-order chi connectivity index (χ1) is 9.96. The molecule has 0 N–H and O–H groups in total. The molecule has 3 nitrogen and oxygen atoms in total. The lowest BCUT2D eigenvalue weighted by Crippen LogP contribution is -2.32. The van der Waals surface area contributed by atoms with Crippen molar-refractivity contribution in [3.05, 3.63) is 29.3 Å². The van der Waals surface area contributed by atoms with Gasteiger partial charge in [-0.15, -0.1) is 0 Å². The molecule has 0 aromatic heterocycles. The van der Waals surface area contributed by atoms with Crippen LogP contribution in [0.3, 0.4) is 0 Å². The predicted molar refractivity (Wildman–Crippen MR) is 84.5 cm³/mol. The van der Waals surface area contributed by atoms with Gasteiger partial charge < -0.3 is 4.74 Å². The topological polar surface area (TPSA) is 43.4 Å². The summed E-state index contributed by atoms with van der Waals surface area (Å²) in [7, 11) is 1.99. The molecule has 2 aliphatic carbocycles. The second kappa shape index (κ2) is 5.81. The third-order valence-corrected chi connectivity index (χ3v) is 6.04. The summed E-state index contributed by atoms with van der Waals surface area (Å²) in [5.41, 5.74) is 2.48. The molecule has 0 heterocycles. The lowest BCUT2D eigenvalue weighted by atomic mass is 9.90. The van der Waals surface area contributed by atoms with Crippen molar-refractivity contribution >= 4 is 19.7 Å². The summed E-state index contributed by atoms with van der Waals surface area (Å²) in [5, 5.41) is 0. The molecule has 0 spiro atoms. The quantitative estimate of drug-likeness (QED) is 0.774. The lowest BCUT2D eigenvalue weighted by Gasteiger charge is -2.27. The Hall–Kier alpha value is -0.740. The van der Waals surface area contributed by atoms with Crippen molar-refractivity contribution in [1.82, 2.24) is 0 Å². The second-order valence-electron chi connectivity index (χ2n) is 6.46. The standard InChI is InChI=1S/C16H21ClO3S/c17-21(18,19)12-16(8-1-2-9-16)11-20-15-7-6-13-4-3-5-14(13)10-15/h6-7,10H,1-5,8-9,11-12H2. The smallest absolute Gasteiger partial charge is 0.233 e. The zero-order valence-electron chi connectivity index (χ0n) is 12.1. The molecule has 1 aromatic carbocycles. The van der Waals surface area contributed by atoms with E-state index in [1.165, 1.54) is 17.5 Å². The monoisotopic (exact) mass is 328 g/mol. The molecule has 116 valence electrons. The van der Waals surface area contributed by atoms with E-state index in [0.29, 0.717) is 6.61 Å². The van der Waals surface area contributed by atoms with Gasteiger partial charge >= 0.3 is 0 Å². The van der Waals surface area contributed by atoms with Crippen molar-refractivity contribution in [2.75, 3.05) is 12.4 Å². The third-order valence-electron chi connectivity index (χ3n) is 4.76. The van der Waals surface area contributed by atoms with Gasteiger partial charge in [-0.2, -0.15) is 0 Å². The Bertz CT molecular complexity index is 618. The molecule has 2 aliphatic rings. The lowest BCUT2D eigenvalue weighted by molar-refractivity contribution is 0.171. The van der Waals surface area contributed by atoms with Gasteiger partial charge in [0.15, 0.2) is 0 Å². The molecule has 5 heteroatoms. The minimum atomic E-state index is -3.49. The Balaban J connectivity index is 1.70. The zero-order chi connectivity index (χ0) is 14.9. The van der Waals surface area contributed by atoms with Gasteiger partial charge in [0.25, 0.3) is 0 Å². The number of ether oxygens (including phenoxy) is 1. The van der Waals surface area contributed by atoms with Gasteiger partial charge in [0.1, 0.15) is 5.75 Å². The molecular weight excluding hydrogens is 308 g/mol. The van der Waals surface area contributed by atoms with Crippen molar-refractivity contribution in [3.8, 4) is 5.75 Å². The Labute approximate surface area is 131 Å². The van der Waals surface area contributed by atoms with Crippen LogP contribution in [0.25, 0.3) is 0 Å². The molecule has 0 bridgehead atoms. The number of fused-ring (bicyclic) bond motifs is 1. The van der Waals surface area contributed by atoms with Gasteiger partial charge in [-0.05, 0) is 55.4 Å². The summed E-state index contributed by atoms with van der Waals surface area (Å²) in [6.07, 6.45) is 7.36. The van der Waals surface area contributed by atoms with E-state index < -0.39 is 9.05 Å². The van der Waals surface area contributed by atoms with E-state index in [1.54, 1.807) is 0 Å². The fraction of sp³-hybridized carbons (Fsp3) is 0.625. The minimum Gasteiger partial charge on any atom is -0.493 e. The van der Waals surface area contributed by atoms with Gasteiger partial charge in [0.2, 0.25) is 9.05 Å². The molecule has 1 fully saturated rings. The van der Waals surface area contributed by atoms with Crippen molar-refractivity contribution in [2.45, 2.75) is 44.9 Å². The number of hydrogen-bond acceptors (Lipinski definition) is 3.